The van der Waals surface area contributed by atoms with Gasteiger partial charge >= 0.3 is 0 Å². The first kappa shape index (κ1) is 16.8. The van der Waals surface area contributed by atoms with Crippen LogP contribution in [0.25, 0.3) is 0 Å². The zero-order chi connectivity index (χ0) is 13.1. The molecule has 4 heteroatoms. The van der Waals surface area contributed by atoms with Gasteiger partial charge in [-0.3, -0.25) is 4.79 Å². The van der Waals surface area contributed by atoms with Crippen LogP contribution in [0, 0.1) is 6.92 Å². The summed E-state index contributed by atoms with van der Waals surface area (Å²) in [6.45, 7) is 8.14. The maximum absolute atomic E-state index is 12.2. The largest absolute Gasteiger partial charge is 0.399 e. The Morgan fingerprint density at radius 2 is 1.89 bits per heavy atom. The highest BCUT2D eigenvalue weighted by atomic mass is 35.5. The fraction of sp³-hybridized carbons (Fsp3) is 0.500. The predicted octanol–water partition coefficient (Wildman–Crippen LogP) is 3.31. The van der Waals surface area contributed by atoms with Crippen molar-refractivity contribution in [2.75, 3.05) is 5.73 Å². The van der Waals surface area contributed by atoms with Crippen LogP contribution < -0.4 is 11.1 Å². The Kier molecular flexibility index (Phi) is 6.19. The van der Waals surface area contributed by atoms with Crippen LogP contribution in [-0.2, 0) is 0 Å². The second-order valence-electron chi connectivity index (χ2n) is 4.80. The number of nitrogens with two attached hydrogens (primary N) is 1. The summed E-state index contributed by atoms with van der Waals surface area (Å²) < 4.78 is 0. The summed E-state index contributed by atoms with van der Waals surface area (Å²) in [5.41, 5.74) is 7.81. The fourth-order valence-corrected chi connectivity index (χ4v) is 1.65. The zero-order valence-electron chi connectivity index (χ0n) is 11.5. The average Bonchev–Trinajstić information content (AvgIpc) is 2.32. The molecule has 0 atom stereocenters. The molecule has 1 rings (SSSR count). The number of nitrogens with one attached hydrogen (secondary N) is 1. The summed E-state index contributed by atoms with van der Waals surface area (Å²) in [4.78, 5) is 12.2. The number of carbonyl (C=O) groups is 1. The van der Waals surface area contributed by atoms with E-state index in [0.717, 1.165) is 18.4 Å². The molecule has 3 nitrogen and oxygen atoms in total. The number of hydrogen-bond acceptors (Lipinski definition) is 2. The summed E-state index contributed by atoms with van der Waals surface area (Å²) in [6.07, 6.45) is 1.83. The van der Waals surface area contributed by atoms with Gasteiger partial charge in [-0.25, -0.2) is 0 Å². The highest BCUT2D eigenvalue weighted by Gasteiger charge is 2.23. The lowest BCUT2D eigenvalue weighted by Crippen LogP contribution is -2.45. The molecule has 0 unspecified atom stereocenters. The molecule has 0 saturated carbocycles. The van der Waals surface area contributed by atoms with Crippen molar-refractivity contribution in [3.8, 4) is 0 Å². The van der Waals surface area contributed by atoms with E-state index in [1.165, 1.54) is 0 Å². The van der Waals surface area contributed by atoms with E-state index in [1.807, 2.05) is 19.1 Å². The Morgan fingerprint density at radius 3 is 2.39 bits per heavy atom. The van der Waals surface area contributed by atoms with Gasteiger partial charge in [-0.2, -0.15) is 0 Å². The molecule has 1 amide bonds. The highest BCUT2D eigenvalue weighted by Crippen LogP contribution is 2.17. The quantitative estimate of drug-likeness (QED) is 0.825. The van der Waals surface area contributed by atoms with Crippen molar-refractivity contribution < 1.29 is 4.79 Å². The predicted molar refractivity (Wildman–Crippen MR) is 79.3 cm³/mol. The van der Waals surface area contributed by atoms with Gasteiger partial charge in [0.05, 0.1) is 0 Å². The van der Waals surface area contributed by atoms with E-state index >= 15 is 0 Å². The van der Waals surface area contributed by atoms with Crippen LogP contribution in [-0.4, -0.2) is 11.4 Å². The molecule has 0 aliphatic heterocycles. The number of aryl methyl sites for hydroxylation is 1. The standard InChI is InChI=1S/C14H22N2O.ClH/c1-5-14(4,6-2)16-13(17)12-9-11(15)8-7-10(12)3;/h7-9H,5-6,15H2,1-4H3,(H,16,17);1H. The van der Waals surface area contributed by atoms with Crippen molar-refractivity contribution in [1.82, 2.24) is 5.32 Å². The van der Waals surface area contributed by atoms with E-state index < -0.39 is 0 Å². The smallest absolute Gasteiger partial charge is 0.252 e. The van der Waals surface area contributed by atoms with Gasteiger partial charge in [0.15, 0.2) is 0 Å². The van der Waals surface area contributed by atoms with Gasteiger partial charge in [-0.05, 0) is 44.4 Å². The summed E-state index contributed by atoms with van der Waals surface area (Å²) in [7, 11) is 0. The molecule has 0 heterocycles. The molecular weight excluding hydrogens is 248 g/mol. The molecule has 0 fully saturated rings. The number of hydrogen-bond donors (Lipinski definition) is 2. The van der Waals surface area contributed by atoms with Crippen molar-refractivity contribution in [1.29, 1.82) is 0 Å². The van der Waals surface area contributed by atoms with Gasteiger partial charge in [0.25, 0.3) is 5.91 Å². The van der Waals surface area contributed by atoms with Gasteiger partial charge in [-0.1, -0.05) is 19.9 Å². The minimum atomic E-state index is -0.145. The molecule has 0 aliphatic carbocycles. The van der Waals surface area contributed by atoms with E-state index in [4.69, 9.17) is 5.73 Å². The SMILES string of the molecule is CCC(C)(CC)NC(=O)c1cc(N)ccc1C.Cl. The number of amides is 1. The molecule has 1 aromatic rings. The van der Waals surface area contributed by atoms with Gasteiger partial charge in [0, 0.05) is 16.8 Å². The van der Waals surface area contributed by atoms with Crippen LogP contribution >= 0.6 is 12.4 Å². The number of rotatable bonds is 4. The molecule has 3 N–H and O–H groups in total. The van der Waals surface area contributed by atoms with Crippen molar-refractivity contribution >= 4 is 24.0 Å². The third-order valence-corrected chi connectivity index (χ3v) is 3.48. The van der Waals surface area contributed by atoms with Gasteiger partial charge in [0.2, 0.25) is 0 Å². The summed E-state index contributed by atoms with van der Waals surface area (Å²) in [6, 6.07) is 5.42. The summed E-state index contributed by atoms with van der Waals surface area (Å²) in [5.74, 6) is -0.0407. The Morgan fingerprint density at radius 1 is 1.33 bits per heavy atom. The lowest BCUT2D eigenvalue weighted by atomic mass is 9.94. The minimum Gasteiger partial charge on any atom is -0.399 e. The Hall–Kier alpha value is -1.22. The van der Waals surface area contributed by atoms with Crippen LogP contribution in [0.4, 0.5) is 5.69 Å². The third-order valence-electron chi connectivity index (χ3n) is 3.48. The molecule has 0 radical (unpaired) electrons. The van der Waals surface area contributed by atoms with E-state index in [0.29, 0.717) is 11.3 Å². The van der Waals surface area contributed by atoms with Crippen LogP contribution in [0.3, 0.4) is 0 Å². The number of carbonyl (C=O) groups excluding carboxylic acids is 1. The number of halogens is 1. The summed E-state index contributed by atoms with van der Waals surface area (Å²) >= 11 is 0. The number of benzene rings is 1. The molecule has 0 aromatic heterocycles. The normalized spacial score (nSPS) is 10.7. The molecule has 18 heavy (non-hydrogen) atoms. The van der Waals surface area contributed by atoms with E-state index in [1.54, 1.807) is 6.07 Å². The van der Waals surface area contributed by atoms with E-state index in [2.05, 4.69) is 26.1 Å². The van der Waals surface area contributed by atoms with Crippen molar-refractivity contribution in [2.45, 2.75) is 46.1 Å². The first-order chi connectivity index (χ1) is 7.91. The highest BCUT2D eigenvalue weighted by molar-refractivity contribution is 5.96. The van der Waals surface area contributed by atoms with Crippen molar-refractivity contribution in [2.24, 2.45) is 0 Å². The zero-order valence-corrected chi connectivity index (χ0v) is 12.4. The Labute approximate surface area is 116 Å². The maximum atomic E-state index is 12.2. The van der Waals surface area contributed by atoms with Crippen LogP contribution in [0.2, 0.25) is 0 Å². The monoisotopic (exact) mass is 270 g/mol. The third kappa shape index (κ3) is 3.91. The Balaban J connectivity index is 0.00000289. The first-order valence-corrected chi connectivity index (χ1v) is 6.10. The lowest BCUT2D eigenvalue weighted by Gasteiger charge is -2.28. The van der Waals surface area contributed by atoms with Crippen LogP contribution in [0.15, 0.2) is 18.2 Å². The molecule has 1 aromatic carbocycles. The van der Waals surface area contributed by atoms with Gasteiger partial charge in [0.1, 0.15) is 0 Å². The maximum Gasteiger partial charge on any atom is 0.252 e. The van der Waals surface area contributed by atoms with E-state index in [9.17, 15) is 4.79 Å². The average molecular weight is 271 g/mol. The second-order valence-corrected chi connectivity index (χ2v) is 4.80. The Bertz CT molecular complexity index is 414. The van der Waals surface area contributed by atoms with Crippen LogP contribution in [0.5, 0.6) is 0 Å². The minimum absolute atomic E-state index is 0. The lowest BCUT2D eigenvalue weighted by molar-refractivity contribution is 0.0900. The fourth-order valence-electron chi connectivity index (χ4n) is 1.65. The number of anilines is 1. The second kappa shape index (κ2) is 6.64. The molecule has 0 aliphatic rings. The molecule has 0 bridgehead atoms. The molecule has 0 saturated heterocycles. The molecule has 0 spiro atoms. The van der Waals surface area contributed by atoms with E-state index in [-0.39, 0.29) is 23.9 Å². The summed E-state index contributed by atoms with van der Waals surface area (Å²) in [5, 5.41) is 3.08. The molecule has 102 valence electrons. The van der Waals surface area contributed by atoms with Gasteiger partial charge < -0.3 is 11.1 Å². The van der Waals surface area contributed by atoms with Crippen molar-refractivity contribution in [3.63, 3.8) is 0 Å². The molecular formula is C14H23ClN2O. The van der Waals surface area contributed by atoms with Gasteiger partial charge in [-0.15, -0.1) is 12.4 Å². The van der Waals surface area contributed by atoms with Crippen molar-refractivity contribution in [3.05, 3.63) is 29.3 Å². The topological polar surface area (TPSA) is 55.1 Å². The van der Waals surface area contributed by atoms with Crippen LogP contribution in [0.1, 0.15) is 49.5 Å². The first-order valence-electron chi connectivity index (χ1n) is 6.10. The number of nitrogen functional groups attached to an aromatic ring is 1.